The Morgan fingerprint density at radius 2 is 0.925 bits per heavy atom. The molecule has 0 unspecified atom stereocenters. The first-order chi connectivity index (χ1) is 26.0. The first-order valence-electron chi connectivity index (χ1n) is 18.1. The summed E-state index contributed by atoms with van der Waals surface area (Å²) >= 11 is 0. The van der Waals surface area contributed by atoms with Gasteiger partial charge in [-0.15, -0.1) is 0 Å². The van der Waals surface area contributed by atoms with Gasteiger partial charge >= 0.3 is 5.97 Å². The quantitative estimate of drug-likeness (QED) is 0.0439. The van der Waals surface area contributed by atoms with E-state index in [4.69, 9.17) is 52.1 Å². The molecule has 0 saturated carbocycles. The number of hydrogen-bond acceptors (Lipinski definition) is 17. The highest BCUT2D eigenvalue weighted by atomic mass is 16.6. The number of anilines is 1. The third-order valence-electron chi connectivity index (χ3n) is 6.77. The zero-order valence-corrected chi connectivity index (χ0v) is 31.0. The summed E-state index contributed by atoms with van der Waals surface area (Å²) in [5.41, 5.74) is -0.535. The third kappa shape index (κ3) is 30.0. The molecule has 0 radical (unpaired) electrons. The van der Waals surface area contributed by atoms with Gasteiger partial charge in [0.25, 0.3) is 11.4 Å². The molecule has 0 aliphatic heterocycles. The molecule has 0 atom stereocenters. The summed E-state index contributed by atoms with van der Waals surface area (Å²) in [7, 11) is 0. The first-order valence-corrected chi connectivity index (χ1v) is 18.1. The van der Waals surface area contributed by atoms with Crippen molar-refractivity contribution in [2.24, 2.45) is 0 Å². The number of nitro groups is 2. The van der Waals surface area contributed by atoms with E-state index in [1.54, 1.807) is 0 Å². The summed E-state index contributed by atoms with van der Waals surface area (Å²) < 4.78 is 59.5. The fraction of sp³-hybridized carbons (Fsp3) is 0.794. The molecule has 1 rings (SSSR count). The molecular weight excluding hydrogens is 706 g/mol. The lowest BCUT2D eigenvalue weighted by Crippen LogP contribution is -2.16. The van der Waals surface area contributed by atoms with Crippen molar-refractivity contribution < 1.29 is 66.7 Å². The van der Waals surface area contributed by atoms with Crippen molar-refractivity contribution in [3.63, 3.8) is 0 Å². The number of benzene rings is 1. The van der Waals surface area contributed by atoms with Crippen molar-refractivity contribution in [3.8, 4) is 0 Å². The van der Waals surface area contributed by atoms with E-state index in [0.29, 0.717) is 132 Å². The third-order valence-corrected chi connectivity index (χ3v) is 6.77. The minimum absolute atomic E-state index is 0.172. The van der Waals surface area contributed by atoms with Crippen LogP contribution in [0.25, 0.3) is 0 Å². The number of nitro benzene ring substituents is 2. The summed E-state index contributed by atoms with van der Waals surface area (Å²) in [4.78, 5) is 32.1. The van der Waals surface area contributed by atoms with Gasteiger partial charge in [0.05, 0.1) is 148 Å². The lowest BCUT2D eigenvalue weighted by Gasteiger charge is -2.09. The van der Waals surface area contributed by atoms with Crippen molar-refractivity contribution in [3.05, 3.63) is 38.4 Å². The molecule has 1 aromatic carbocycles. The number of hydrogen-bond donors (Lipinski definition) is 1. The van der Waals surface area contributed by atoms with Gasteiger partial charge in [0.1, 0.15) is 12.3 Å². The molecule has 306 valence electrons. The van der Waals surface area contributed by atoms with Crippen LogP contribution in [-0.4, -0.2) is 161 Å². The minimum atomic E-state index is -0.683. The van der Waals surface area contributed by atoms with Crippen LogP contribution >= 0.6 is 0 Å². The number of nitrogens with one attached hydrogen (secondary N) is 1. The number of nitrogens with zero attached hydrogens (tertiary/aromatic N) is 2. The highest BCUT2D eigenvalue weighted by molar-refractivity contribution is 5.69. The molecule has 1 aromatic rings. The summed E-state index contributed by atoms with van der Waals surface area (Å²) in [6.45, 7) is 11.2. The molecule has 19 nitrogen and oxygen atoms in total. The Hall–Kier alpha value is -3.11. The number of carbonyl (C=O) groups excluding carboxylic acids is 1. The summed E-state index contributed by atoms with van der Waals surface area (Å²) in [6.07, 6.45) is 3.45. The van der Waals surface area contributed by atoms with Crippen LogP contribution in [0.15, 0.2) is 18.2 Å². The van der Waals surface area contributed by atoms with E-state index in [1.165, 1.54) is 12.1 Å². The SMILES string of the molecule is CCCCCC(=O)OCCOCCOCCOCCOCCOCCOCCOCCOCCOCCOCCNc1ccc([N+](=O)[O-])cc1[N+](=O)[O-]. The van der Waals surface area contributed by atoms with E-state index in [1.807, 2.05) is 0 Å². The maximum absolute atomic E-state index is 11.5. The molecule has 0 heterocycles. The average molecular weight is 766 g/mol. The van der Waals surface area contributed by atoms with Gasteiger partial charge in [0.15, 0.2) is 0 Å². The largest absolute Gasteiger partial charge is 0.463 e. The second kappa shape index (κ2) is 35.9. The zero-order valence-electron chi connectivity index (χ0n) is 31.0. The van der Waals surface area contributed by atoms with Crippen LogP contribution in [0.5, 0.6) is 0 Å². The zero-order chi connectivity index (χ0) is 38.5. The fourth-order valence-electron chi connectivity index (χ4n) is 4.08. The number of rotatable bonds is 40. The minimum Gasteiger partial charge on any atom is -0.463 e. The average Bonchev–Trinajstić information content (AvgIpc) is 3.15. The summed E-state index contributed by atoms with van der Waals surface area (Å²) in [5.74, 6) is -0.172. The highest BCUT2D eigenvalue weighted by Gasteiger charge is 2.19. The van der Waals surface area contributed by atoms with E-state index in [9.17, 15) is 25.0 Å². The molecule has 0 fully saturated rings. The lowest BCUT2D eigenvalue weighted by atomic mass is 10.2. The van der Waals surface area contributed by atoms with Crippen LogP contribution in [0.4, 0.5) is 17.1 Å². The second-order valence-electron chi connectivity index (χ2n) is 10.9. The van der Waals surface area contributed by atoms with Crippen LogP contribution < -0.4 is 5.32 Å². The van der Waals surface area contributed by atoms with E-state index in [0.717, 1.165) is 25.3 Å². The van der Waals surface area contributed by atoms with Gasteiger partial charge in [0.2, 0.25) is 0 Å². The normalized spacial score (nSPS) is 11.2. The summed E-state index contributed by atoms with van der Waals surface area (Å²) in [6, 6.07) is 3.42. The van der Waals surface area contributed by atoms with Gasteiger partial charge in [0, 0.05) is 19.0 Å². The monoisotopic (exact) mass is 765 g/mol. The van der Waals surface area contributed by atoms with Crippen molar-refractivity contribution in [2.45, 2.75) is 32.6 Å². The Kier molecular flexibility index (Phi) is 32.4. The molecule has 19 heteroatoms. The smallest absolute Gasteiger partial charge is 0.305 e. The topological polar surface area (TPSA) is 217 Å². The Bertz CT molecular complexity index is 1060. The van der Waals surface area contributed by atoms with E-state index >= 15 is 0 Å². The molecule has 53 heavy (non-hydrogen) atoms. The molecule has 0 amide bonds. The second-order valence-corrected chi connectivity index (χ2v) is 10.9. The first kappa shape index (κ1) is 47.9. The molecular formula is C34H59N3O16. The van der Waals surface area contributed by atoms with Crippen molar-refractivity contribution in [1.29, 1.82) is 0 Å². The standard InChI is InChI=1S/C34H59N3O16/c1-2-3-4-5-34(38)53-29-28-52-27-26-51-25-24-50-23-22-49-21-20-48-19-18-47-17-16-46-15-14-45-13-12-44-11-10-43-9-8-35-32-7-6-31(36(39)40)30-33(32)37(41)42/h6-7,30,35H,2-5,8-29H2,1H3. The maximum atomic E-state index is 11.5. The van der Waals surface area contributed by atoms with E-state index < -0.39 is 9.85 Å². The Balaban J connectivity index is 1.71. The number of esters is 1. The van der Waals surface area contributed by atoms with Crippen molar-refractivity contribution >= 4 is 23.0 Å². The van der Waals surface area contributed by atoms with Crippen molar-refractivity contribution in [1.82, 2.24) is 0 Å². The van der Waals surface area contributed by atoms with Gasteiger partial charge in [-0.3, -0.25) is 25.0 Å². The number of ether oxygens (including phenoxy) is 11. The Morgan fingerprint density at radius 1 is 0.547 bits per heavy atom. The molecule has 0 aliphatic carbocycles. The van der Waals surface area contributed by atoms with Crippen LogP contribution in [0.2, 0.25) is 0 Å². The molecule has 0 bridgehead atoms. The Labute approximate surface area is 311 Å². The van der Waals surface area contributed by atoms with Crippen molar-refractivity contribution in [2.75, 3.05) is 151 Å². The molecule has 0 aromatic heterocycles. The van der Waals surface area contributed by atoms with Gasteiger partial charge < -0.3 is 57.4 Å². The van der Waals surface area contributed by atoms with Crippen LogP contribution in [0, 0.1) is 20.2 Å². The Morgan fingerprint density at radius 3 is 1.28 bits per heavy atom. The molecule has 0 saturated heterocycles. The van der Waals surface area contributed by atoms with Gasteiger partial charge in [-0.25, -0.2) is 0 Å². The highest BCUT2D eigenvalue weighted by Crippen LogP contribution is 2.28. The molecule has 0 spiro atoms. The van der Waals surface area contributed by atoms with Gasteiger partial charge in [-0.2, -0.15) is 0 Å². The molecule has 0 aliphatic rings. The summed E-state index contributed by atoms with van der Waals surface area (Å²) in [5, 5.41) is 24.8. The van der Waals surface area contributed by atoms with Crippen LogP contribution in [-0.2, 0) is 56.9 Å². The van der Waals surface area contributed by atoms with Crippen LogP contribution in [0.3, 0.4) is 0 Å². The number of unbranched alkanes of at least 4 members (excludes halogenated alkanes) is 2. The lowest BCUT2D eigenvalue weighted by molar-refractivity contribution is -0.393. The number of non-ortho nitro benzene ring substituents is 1. The predicted octanol–water partition coefficient (Wildman–Crippen LogP) is 3.20. The van der Waals surface area contributed by atoms with E-state index in [2.05, 4.69) is 12.2 Å². The maximum Gasteiger partial charge on any atom is 0.305 e. The molecule has 1 N–H and O–H groups in total. The van der Waals surface area contributed by atoms with Crippen LogP contribution in [0.1, 0.15) is 32.6 Å². The fourth-order valence-corrected chi connectivity index (χ4v) is 4.08. The predicted molar refractivity (Wildman–Crippen MR) is 192 cm³/mol. The van der Waals surface area contributed by atoms with Gasteiger partial charge in [-0.1, -0.05) is 19.8 Å². The number of carbonyl (C=O) groups is 1. The van der Waals surface area contributed by atoms with Gasteiger partial charge in [-0.05, 0) is 12.5 Å². The van der Waals surface area contributed by atoms with E-state index in [-0.39, 0.29) is 42.8 Å².